The summed E-state index contributed by atoms with van der Waals surface area (Å²) in [5.41, 5.74) is 1.16. The molecular weight excluding hydrogens is 306 g/mol. The minimum absolute atomic E-state index is 0.113. The molecule has 0 unspecified atom stereocenters. The molecule has 3 rings (SSSR count). The molecule has 0 atom stereocenters. The van der Waals surface area contributed by atoms with Crippen LogP contribution in [0.15, 0.2) is 54.7 Å². The van der Waals surface area contributed by atoms with Crippen molar-refractivity contribution < 1.29 is 19.4 Å². The molecule has 0 amide bonds. The zero-order chi connectivity index (χ0) is 17.1. The van der Waals surface area contributed by atoms with Crippen molar-refractivity contribution in [1.29, 1.82) is 0 Å². The van der Waals surface area contributed by atoms with Gasteiger partial charge in [-0.05, 0) is 36.8 Å². The van der Waals surface area contributed by atoms with Crippen LogP contribution in [-0.2, 0) is 0 Å². The van der Waals surface area contributed by atoms with Crippen LogP contribution in [0, 0.1) is 0 Å². The van der Waals surface area contributed by atoms with Crippen molar-refractivity contribution in [3.63, 3.8) is 0 Å². The number of para-hydroxylation sites is 1. The number of carbonyl (C=O) groups is 2. The summed E-state index contributed by atoms with van der Waals surface area (Å²) in [5.74, 6) is -0.626. The van der Waals surface area contributed by atoms with Crippen LogP contribution < -0.4 is 4.74 Å². The summed E-state index contributed by atoms with van der Waals surface area (Å²) >= 11 is 0. The number of carbonyl (C=O) groups excluding carboxylic acids is 1. The van der Waals surface area contributed by atoms with Gasteiger partial charge in [0.25, 0.3) is 5.91 Å². The lowest BCUT2D eigenvalue weighted by Crippen LogP contribution is -2.10. The average molecular weight is 323 g/mol. The SMILES string of the molecule is CCCOc1ccc(C(=O)n2cc(C(=O)O)c3ccccc32)cc1. The van der Waals surface area contributed by atoms with Crippen LogP contribution in [-0.4, -0.2) is 28.2 Å². The molecule has 5 nitrogen and oxygen atoms in total. The van der Waals surface area contributed by atoms with E-state index in [1.807, 2.05) is 6.92 Å². The molecular formula is C19H17NO4. The quantitative estimate of drug-likeness (QED) is 0.775. The molecule has 0 aliphatic carbocycles. The predicted octanol–water partition coefficient (Wildman–Crippen LogP) is 3.82. The number of hydrogen-bond acceptors (Lipinski definition) is 3. The number of nitrogens with zero attached hydrogens (tertiary/aromatic N) is 1. The van der Waals surface area contributed by atoms with Crippen LogP contribution in [0.1, 0.15) is 34.1 Å². The van der Waals surface area contributed by atoms with Crippen LogP contribution in [0.4, 0.5) is 0 Å². The van der Waals surface area contributed by atoms with Gasteiger partial charge in [-0.15, -0.1) is 0 Å². The Morgan fingerprint density at radius 2 is 1.79 bits per heavy atom. The van der Waals surface area contributed by atoms with Crippen LogP contribution in [0.25, 0.3) is 10.9 Å². The summed E-state index contributed by atoms with van der Waals surface area (Å²) < 4.78 is 6.88. The van der Waals surface area contributed by atoms with Gasteiger partial charge >= 0.3 is 5.97 Å². The molecule has 24 heavy (non-hydrogen) atoms. The normalized spacial score (nSPS) is 10.7. The Hall–Kier alpha value is -3.08. The summed E-state index contributed by atoms with van der Waals surface area (Å²) in [5, 5.41) is 9.87. The molecule has 0 bridgehead atoms. The first-order valence-electron chi connectivity index (χ1n) is 7.72. The van der Waals surface area contributed by atoms with Gasteiger partial charge in [0.05, 0.1) is 17.7 Å². The lowest BCUT2D eigenvalue weighted by molar-refractivity contribution is 0.0699. The maximum Gasteiger partial charge on any atom is 0.337 e. The van der Waals surface area contributed by atoms with Crippen molar-refractivity contribution in [3.8, 4) is 5.75 Å². The van der Waals surface area contributed by atoms with E-state index in [0.717, 1.165) is 6.42 Å². The molecule has 1 heterocycles. The molecule has 0 aliphatic heterocycles. The van der Waals surface area contributed by atoms with E-state index in [4.69, 9.17) is 4.74 Å². The number of hydrogen-bond donors (Lipinski definition) is 1. The molecule has 5 heteroatoms. The van der Waals surface area contributed by atoms with Crippen molar-refractivity contribution in [2.24, 2.45) is 0 Å². The molecule has 0 radical (unpaired) electrons. The van der Waals surface area contributed by atoms with Crippen molar-refractivity contribution >= 4 is 22.8 Å². The highest BCUT2D eigenvalue weighted by molar-refractivity contribution is 6.09. The van der Waals surface area contributed by atoms with Gasteiger partial charge in [0, 0.05) is 17.1 Å². The summed E-state index contributed by atoms with van der Waals surface area (Å²) in [7, 11) is 0. The zero-order valence-electron chi connectivity index (χ0n) is 13.2. The molecule has 0 saturated carbocycles. The smallest absolute Gasteiger partial charge is 0.337 e. The van der Waals surface area contributed by atoms with Crippen LogP contribution >= 0.6 is 0 Å². The molecule has 1 aromatic heterocycles. The van der Waals surface area contributed by atoms with E-state index in [2.05, 4.69) is 0 Å². The summed E-state index contributed by atoms with van der Waals surface area (Å²) in [4.78, 5) is 24.1. The van der Waals surface area contributed by atoms with E-state index >= 15 is 0 Å². The lowest BCUT2D eigenvalue weighted by Gasteiger charge is -2.07. The van der Waals surface area contributed by atoms with Gasteiger partial charge in [-0.2, -0.15) is 0 Å². The summed E-state index contributed by atoms with van der Waals surface area (Å²) in [6.45, 7) is 2.65. The van der Waals surface area contributed by atoms with E-state index in [-0.39, 0.29) is 11.5 Å². The molecule has 0 saturated heterocycles. The van der Waals surface area contributed by atoms with Crippen LogP contribution in [0.3, 0.4) is 0 Å². The largest absolute Gasteiger partial charge is 0.494 e. The maximum absolute atomic E-state index is 12.8. The third kappa shape index (κ3) is 2.88. The van der Waals surface area contributed by atoms with Gasteiger partial charge in [0.2, 0.25) is 0 Å². The predicted molar refractivity (Wildman–Crippen MR) is 90.9 cm³/mol. The van der Waals surface area contributed by atoms with E-state index in [1.54, 1.807) is 48.5 Å². The number of aromatic nitrogens is 1. The third-order valence-corrected chi connectivity index (χ3v) is 3.74. The van der Waals surface area contributed by atoms with E-state index < -0.39 is 5.97 Å². The van der Waals surface area contributed by atoms with Crippen molar-refractivity contribution in [2.45, 2.75) is 13.3 Å². The number of benzene rings is 2. The topological polar surface area (TPSA) is 68.5 Å². The Labute approximate surface area is 139 Å². The van der Waals surface area contributed by atoms with Crippen molar-refractivity contribution in [1.82, 2.24) is 4.57 Å². The molecule has 3 aromatic rings. The van der Waals surface area contributed by atoms with Gasteiger partial charge < -0.3 is 9.84 Å². The molecule has 2 aromatic carbocycles. The minimum Gasteiger partial charge on any atom is -0.494 e. The number of carboxylic acids is 1. The van der Waals surface area contributed by atoms with Crippen molar-refractivity contribution in [2.75, 3.05) is 6.61 Å². The number of rotatable bonds is 5. The molecule has 0 spiro atoms. The van der Waals surface area contributed by atoms with Crippen LogP contribution in [0.2, 0.25) is 0 Å². The van der Waals surface area contributed by atoms with Gasteiger partial charge in [0.1, 0.15) is 5.75 Å². The lowest BCUT2D eigenvalue weighted by atomic mass is 10.2. The second-order valence-electron chi connectivity index (χ2n) is 5.41. The Bertz CT molecular complexity index is 893. The van der Waals surface area contributed by atoms with E-state index in [0.29, 0.717) is 28.8 Å². The molecule has 1 N–H and O–H groups in total. The number of ether oxygens (including phenoxy) is 1. The van der Waals surface area contributed by atoms with Crippen molar-refractivity contribution in [3.05, 3.63) is 65.9 Å². The van der Waals surface area contributed by atoms with E-state index in [9.17, 15) is 14.7 Å². The second-order valence-corrected chi connectivity index (χ2v) is 5.41. The Morgan fingerprint density at radius 1 is 1.08 bits per heavy atom. The van der Waals surface area contributed by atoms with Gasteiger partial charge in [0.15, 0.2) is 0 Å². The van der Waals surface area contributed by atoms with Gasteiger partial charge in [-0.3, -0.25) is 9.36 Å². The fourth-order valence-corrected chi connectivity index (χ4v) is 2.57. The zero-order valence-corrected chi connectivity index (χ0v) is 13.2. The highest BCUT2D eigenvalue weighted by atomic mass is 16.5. The summed E-state index contributed by atoms with van der Waals surface area (Å²) in [6, 6.07) is 13.8. The Kier molecular flexibility index (Phi) is 4.33. The number of carboxylic acid groups (broad SMARTS) is 1. The molecule has 0 fully saturated rings. The standard InChI is InChI=1S/C19H17NO4/c1-2-11-24-14-9-7-13(8-10-14)18(21)20-12-16(19(22)23)15-5-3-4-6-17(15)20/h3-10,12H,2,11H2,1H3,(H,22,23). The highest BCUT2D eigenvalue weighted by Gasteiger charge is 2.18. The second kappa shape index (κ2) is 6.58. The summed E-state index contributed by atoms with van der Waals surface area (Å²) in [6.07, 6.45) is 2.28. The molecule has 0 aliphatic rings. The first-order chi connectivity index (χ1) is 11.6. The highest BCUT2D eigenvalue weighted by Crippen LogP contribution is 2.23. The monoisotopic (exact) mass is 323 g/mol. The minimum atomic E-state index is -1.05. The fourth-order valence-electron chi connectivity index (χ4n) is 2.57. The molecule has 122 valence electrons. The van der Waals surface area contributed by atoms with E-state index in [1.165, 1.54) is 10.8 Å². The maximum atomic E-state index is 12.8. The number of aromatic carboxylic acids is 1. The first kappa shape index (κ1) is 15.8. The van der Waals surface area contributed by atoms with Gasteiger partial charge in [-0.25, -0.2) is 4.79 Å². The fraction of sp³-hybridized carbons (Fsp3) is 0.158. The average Bonchev–Trinajstić information content (AvgIpc) is 3.00. The van der Waals surface area contributed by atoms with Gasteiger partial charge in [-0.1, -0.05) is 25.1 Å². The first-order valence-corrected chi connectivity index (χ1v) is 7.72. The number of fused-ring (bicyclic) bond motifs is 1. The Balaban J connectivity index is 1.98. The third-order valence-electron chi connectivity index (χ3n) is 3.74. The Morgan fingerprint density at radius 3 is 2.46 bits per heavy atom. The van der Waals surface area contributed by atoms with Crippen LogP contribution in [0.5, 0.6) is 5.75 Å².